The molecular weight excluding hydrogens is 142 g/mol. The first-order chi connectivity index (χ1) is 5.22. The third-order valence-electron chi connectivity index (χ3n) is 1.59. The minimum absolute atomic E-state index is 0.0929. The van der Waals surface area contributed by atoms with E-state index in [-0.39, 0.29) is 5.78 Å². The van der Waals surface area contributed by atoms with Crippen molar-refractivity contribution >= 4 is 5.78 Å². The Morgan fingerprint density at radius 2 is 2.55 bits per heavy atom. The van der Waals surface area contributed by atoms with Crippen LogP contribution in [0.4, 0.5) is 0 Å². The van der Waals surface area contributed by atoms with Crippen LogP contribution in [0.2, 0.25) is 0 Å². The molecule has 0 saturated carbocycles. The molecule has 1 heterocycles. The molecule has 2 N–H and O–H groups in total. The summed E-state index contributed by atoms with van der Waals surface area (Å²) in [7, 11) is 0. The summed E-state index contributed by atoms with van der Waals surface area (Å²) in [5, 5.41) is 0. The second-order valence-corrected chi connectivity index (χ2v) is 2.71. The van der Waals surface area contributed by atoms with Gasteiger partial charge in [0.2, 0.25) is 5.78 Å². The van der Waals surface area contributed by atoms with Crippen molar-refractivity contribution in [2.24, 2.45) is 5.73 Å². The molecule has 3 nitrogen and oxygen atoms in total. The highest BCUT2D eigenvalue weighted by Crippen LogP contribution is 2.11. The first kappa shape index (κ1) is 8.27. The third-order valence-corrected chi connectivity index (χ3v) is 1.59. The summed E-state index contributed by atoms with van der Waals surface area (Å²) in [6.45, 7) is 2.31. The Morgan fingerprint density at radius 1 is 1.82 bits per heavy atom. The lowest BCUT2D eigenvalue weighted by Crippen LogP contribution is -2.29. The molecule has 0 bridgehead atoms. The van der Waals surface area contributed by atoms with E-state index in [1.165, 1.54) is 0 Å². The fraction of sp³-hybridized carbons (Fsp3) is 0.625. The summed E-state index contributed by atoms with van der Waals surface area (Å²) in [4.78, 5) is 11.2. The Hall–Kier alpha value is -0.830. The van der Waals surface area contributed by atoms with Crippen molar-refractivity contribution in [2.75, 3.05) is 6.61 Å². The number of nitrogens with two attached hydrogens (primary N) is 1. The van der Waals surface area contributed by atoms with E-state index in [1.54, 1.807) is 6.92 Å². The third kappa shape index (κ3) is 2.05. The Balaban J connectivity index is 2.58. The van der Waals surface area contributed by atoms with Gasteiger partial charge in [-0.15, -0.1) is 0 Å². The molecule has 0 aromatic carbocycles. The fourth-order valence-electron chi connectivity index (χ4n) is 0.954. The van der Waals surface area contributed by atoms with E-state index >= 15 is 0 Å². The van der Waals surface area contributed by atoms with Gasteiger partial charge >= 0.3 is 0 Å². The molecule has 0 spiro atoms. The van der Waals surface area contributed by atoms with Gasteiger partial charge in [0.05, 0.1) is 12.6 Å². The average Bonchev–Trinajstić information content (AvgIpc) is 2.05. The Kier molecular flexibility index (Phi) is 2.65. The quantitative estimate of drug-likeness (QED) is 0.635. The highest BCUT2D eigenvalue weighted by atomic mass is 16.5. The van der Waals surface area contributed by atoms with Crippen molar-refractivity contribution in [3.05, 3.63) is 11.8 Å². The molecule has 11 heavy (non-hydrogen) atoms. The van der Waals surface area contributed by atoms with Crippen LogP contribution in [0.1, 0.15) is 19.8 Å². The first-order valence-electron chi connectivity index (χ1n) is 3.84. The summed E-state index contributed by atoms with van der Waals surface area (Å²) in [6, 6.07) is -0.445. The van der Waals surface area contributed by atoms with Crippen molar-refractivity contribution in [3.8, 4) is 0 Å². The van der Waals surface area contributed by atoms with Crippen LogP contribution in [-0.4, -0.2) is 18.4 Å². The minimum Gasteiger partial charge on any atom is -0.490 e. The Labute approximate surface area is 66.2 Å². The molecular formula is C8H13NO2. The molecule has 1 rings (SSSR count). The summed E-state index contributed by atoms with van der Waals surface area (Å²) in [5.74, 6) is 0.357. The van der Waals surface area contributed by atoms with Gasteiger partial charge in [0, 0.05) is 0 Å². The van der Waals surface area contributed by atoms with Crippen LogP contribution in [0.3, 0.4) is 0 Å². The predicted molar refractivity (Wildman–Crippen MR) is 41.9 cm³/mol. The highest BCUT2D eigenvalue weighted by Gasteiger charge is 2.16. The Bertz CT molecular complexity index is 185. The van der Waals surface area contributed by atoms with Crippen LogP contribution in [0.5, 0.6) is 0 Å². The molecule has 0 amide bonds. The number of carbonyl (C=O) groups is 1. The molecule has 0 aromatic heterocycles. The molecule has 1 aliphatic rings. The maximum Gasteiger partial charge on any atom is 0.213 e. The molecule has 0 aromatic rings. The number of carbonyl (C=O) groups excluding carboxylic acids is 1. The largest absolute Gasteiger partial charge is 0.490 e. The number of ketones is 1. The minimum atomic E-state index is -0.445. The lowest BCUT2D eigenvalue weighted by molar-refractivity contribution is -0.120. The molecule has 0 radical (unpaired) electrons. The molecule has 0 aliphatic carbocycles. The second-order valence-electron chi connectivity index (χ2n) is 2.71. The number of hydrogen-bond acceptors (Lipinski definition) is 3. The van der Waals surface area contributed by atoms with E-state index in [1.807, 2.05) is 6.08 Å². The molecule has 1 unspecified atom stereocenters. The van der Waals surface area contributed by atoms with Crippen LogP contribution in [0.15, 0.2) is 11.8 Å². The van der Waals surface area contributed by atoms with Crippen LogP contribution >= 0.6 is 0 Å². The van der Waals surface area contributed by atoms with Gasteiger partial charge in [0.1, 0.15) is 0 Å². The van der Waals surface area contributed by atoms with Gasteiger partial charge in [-0.2, -0.15) is 0 Å². The fourth-order valence-corrected chi connectivity index (χ4v) is 0.954. The molecule has 1 aliphatic heterocycles. The van der Waals surface area contributed by atoms with Gasteiger partial charge in [-0.05, 0) is 25.8 Å². The smallest absolute Gasteiger partial charge is 0.213 e. The standard InChI is InChI=1S/C8H13NO2/c1-6(9)8(10)7-4-2-3-5-11-7/h4,6H,2-3,5,9H2,1H3. The zero-order chi connectivity index (χ0) is 8.27. The average molecular weight is 155 g/mol. The zero-order valence-electron chi connectivity index (χ0n) is 6.67. The summed E-state index contributed by atoms with van der Waals surface area (Å²) >= 11 is 0. The van der Waals surface area contributed by atoms with Crippen molar-refractivity contribution in [2.45, 2.75) is 25.8 Å². The molecule has 62 valence electrons. The second kappa shape index (κ2) is 3.53. The highest BCUT2D eigenvalue weighted by molar-refractivity contribution is 5.97. The van der Waals surface area contributed by atoms with Crippen molar-refractivity contribution in [1.29, 1.82) is 0 Å². The van der Waals surface area contributed by atoms with Gasteiger partial charge in [0.15, 0.2) is 5.76 Å². The predicted octanol–water partition coefficient (Wildman–Crippen LogP) is 0.597. The number of ether oxygens (including phenoxy) is 1. The van der Waals surface area contributed by atoms with Crippen molar-refractivity contribution in [1.82, 2.24) is 0 Å². The van der Waals surface area contributed by atoms with Gasteiger partial charge < -0.3 is 10.5 Å². The van der Waals surface area contributed by atoms with Crippen molar-refractivity contribution < 1.29 is 9.53 Å². The van der Waals surface area contributed by atoms with Crippen LogP contribution < -0.4 is 5.73 Å². The molecule has 0 saturated heterocycles. The van der Waals surface area contributed by atoms with Crippen LogP contribution in [-0.2, 0) is 9.53 Å². The zero-order valence-corrected chi connectivity index (χ0v) is 6.67. The topological polar surface area (TPSA) is 52.3 Å². The lowest BCUT2D eigenvalue weighted by atomic mass is 10.1. The van der Waals surface area contributed by atoms with Crippen LogP contribution in [0.25, 0.3) is 0 Å². The van der Waals surface area contributed by atoms with E-state index in [2.05, 4.69) is 0 Å². The molecule has 3 heteroatoms. The summed E-state index contributed by atoms with van der Waals surface area (Å²) in [6.07, 6.45) is 3.73. The van der Waals surface area contributed by atoms with Gasteiger partial charge in [-0.1, -0.05) is 0 Å². The lowest BCUT2D eigenvalue weighted by Gasteiger charge is -2.14. The van der Waals surface area contributed by atoms with Crippen molar-refractivity contribution in [3.63, 3.8) is 0 Å². The number of hydrogen-bond donors (Lipinski definition) is 1. The van der Waals surface area contributed by atoms with Gasteiger partial charge in [-0.3, -0.25) is 4.79 Å². The molecule has 0 fully saturated rings. The monoisotopic (exact) mass is 155 g/mol. The van der Waals surface area contributed by atoms with Gasteiger partial charge in [-0.25, -0.2) is 0 Å². The SMILES string of the molecule is CC(N)C(=O)C1=CCCCO1. The first-order valence-corrected chi connectivity index (χ1v) is 3.84. The van der Waals surface area contributed by atoms with Gasteiger partial charge in [0.25, 0.3) is 0 Å². The Morgan fingerprint density at radius 3 is 3.00 bits per heavy atom. The maximum absolute atomic E-state index is 11.2. The summed E-state index contributed by atoms with van der Waals surface area (Å²) in [5.41, 5.74) is 5.40. The number of rotatable bonds is 2. The maximum atomic E-state index is 11.2. The van der Waals surface area contributed by atoms with E-state index in [0.29, 0.717) is 12.4 Å². The van der Waals surface area contributed by atoms with E-state index in [9.17, 15) is 4.79 Å². The van der Waals surface area contributed by atoms with E-state index in [4.69, 9.17) is 10.5 Å². The molecule has 1 atom stereocenters. The van der Waals surface area contributed by atoms with Crippen LogP contribution in [0, 0.1) is 0 Å². The summed E-state index contributed by atoms with van der Waals surface area (Å²) < 4.78 is 5.13. The number of allylic oxidation sites excluding steroid dienone is 1. The van der Waals surface area contributed by atoms with E-state index in [0.717, 1.165) is 12.8 Å². The normalized spacial score (nSPS) is 20.0. The number of Topliss-reactive ketones (excluding diaryl/α,β-unsaturated/α-hetero) is 1. The van der Waals surface area contributed by atoms with E-state index < -0.39 is 6.04 Å².